The Hall–Kier alpha value is -1.86. The van der Waals surface area contributed by atoms with Gasteiger partial charge in [0.15, 0.2) is 5.11 Å². The van der Waals surface area contributed by atoms with Crippen LogP contribution >= 0.6 is 12.2 Å². The van der Waals surface area contributed by atoms with Crippen molar-refractivity contribution in [3.8, 4) is 5.75 Å². The molecule has 0 bridgehead atoms. The number of aliphatic hydroxyl groups excluding tert-OH is 1. The Labute approximate surface area is 140 Å². The van der Waals surface area contributed by atoms with Crippen LogP contribution in [0.3, 0.4) is 0 Å². The highest BCUT2D eigenvalue weighted by Gasteiger charge is 2.47. The molecular formula is C16H21N3O3S. The zero-order chi connectivity index (χ0) is 16.8. The van der Waals surface area contributed by atoms with Crippen LogP contribution in [-0.4, -0.2) is 39.3 Å². The maximum Gasteiger partial charge on any atom is 0.223 e. The Balaban J connectivity index is 2.06. The number of nitrogens with two attached hydrogens (primary N) is 1. The fourth-order valence-corrected chi connectivity index (χ4v) is 3.41. The molecule has 2 atom stereocenters. The molecule has 23 heavy (non-hydrogen) atoms. The van der Waals surface area contributed by atoms with Gasteiger partial charge in [0.25, 0.3) is 0 Å². The number of thiocarbonyl (C=S) groups is 1. The molecule has 1 amide bonds. The number of aliphatic hydroxyl groups is 1. The topological polar surface area (TPSA) is 87.8 Å². The maximum absolute atomic E-state index is 12.2. The fraction of sp³-hybridized carbons (Fsp3) is 0.500. The number of hydrogen-bond donors (Lipinski definition) is 3. The number of carbonyl (C=O) groups excluding carboxylic acids is 1. The van der Waals surface area contributed by atoms with E-state index in [0.717, 1.165) is 12.0 Å². The summed E-state index contributed by atoms with van der Waals surface area (Å²) in [7, 11) is 0. The second-order valence-corrected chi connectivity index (χ2v) is 6.97. The van der Waals surface area contributed by atoms with E-state index in [4.69, 9.17) is 22.7 Å². The Morgan fingerprint density at radius 2 is 2.26 bits per heavy atom. The summed E-state index contributed by atoms with van der Waals surface area (Å²) in [6.45, 7) is 4.30. The van der Waals surface area contributed by atoms with Gasteiger partial charge in [0.05, 0.1) is 6.04 Å². The Kier molecular flexibility index (Phi) is 3.93. The minimum atomic E-state index is -0.822. The van der Waals surface area contributed by atoms with Gasteiger partial charge in [-0.05, 0) is 50.7 Å². The lowest BCUT2D eigenvalue weighted by molar-refractivity contribution is -0.139. The first kappa shape index (κ1) is 16.0. The van der Waals surface area contributed by atoms with Gasteiger partial charge >= 0.3 is 0 Å². The number of nitrogens with zero attached hydrogens (tertiary/aromatic N) is 1. The van der Waals surface area contributed by atoms with Crippen molar-refractivity contribution in [3.05, 3.63) is 23.8 Å². The number of rotatable bonds is 2. The van der Waals surface area contributed by atoms with Gasteiger partial charge < -0.3 is 25.8 Å². The monoisotopic (exact) mass is 335 g/mol. The zero-order valence-electron chi connectivity index (χ0n) is 13.2. The molecule has 0 radical (unpaired) electrons. The average molecular weight is 335 g/mol. The lowest BCUT2D eigenvalue weighted by Crippen LogP contribution is -2.53. The van der Waals surface area contributed by atoms with Crippen LogP contribution in [0.2, 0.25) is 0 Å². The predicted molar refractivity (Wildman–Crippen MR) is 91.3 cm³/mol. The summed E-state index contributed by atoms with van der Waals surface area (Å²) in [6, 6.07) is 5.03. The van der Waals surface area contributed by atoms with Gasteiger partial charge in [-0.25, -0.2) is 0 Å². The van der Waals surface area contributed by atoms with Crippen LogP contribution in [0, 0.1) is 0 Å². The van der Waals surface area contributed by atoms with Gasteiger partial charge in [-0.2, -0.15) is 0 Å². The maximum atomic E-state index is 12.2. The number of anilines is 1. The standard InChI is InChI=1S/C16H21N3O3S/c1-16(2)14(21)13(19-7-3-4-12(19)20)10-8-9(18-15(17)23)5-6-11(10)22-16/h5-6,8,13-14,21H,3-4,7H2,1-2H3,(H3,17,18,23)/t13?,14-/m0/s1. The van der Waals surface area contributed by atoms with Gasteiger partial charge in [-0.3, -0.25) is 4.79 Å². The fourth-order valence-electron chi connectivity index (χ4n) is 3.29. The van der Waals surface area contributed by atoms with E-state index in [0.29, 0.717) is 24.4 Å². The van der Waals surface area contributed by atoms with Crippen molar-refractivity contribution in [2.75, 3.05) is 11.9 Å². The summed E-state index contributed by atoms with van der Waals surface area (Å²) < 4.78 is 5.94. The molecule has 0 aromatic heterocycles. The van der Waals surface area contributed by atoms with Crippen molar-refractivity contribution in [2.45, 2.75) is 44.4 Å². The lowest BCUT2D eigenvalue weighted by Gasteiger charge is -2.45. The van der Waals surface area contributed by atoms with Gasteiger partial charge in [0.1, 0.15) is 17.5 Å². The van der Waals surface area contributed by atoms with Crippen molar-refractivity contribution in [2.24, 2.45) is 5.73 Å². The third-order valence-electron chi connectivity index (χ3n) is 4.43. The van der Waals surface area contributed by atoms with E-state index in [-0.39, 0.29) is 11.0 Å². The molecule has 0 aliphatic carbocycles. The summed E-state index contributed by atoms with van der Waals surface area (Å²) in [5, 5.41) is 13.8. The summed E-state index contributed by atoms with van der Waals surface area (Å²) in [6.07, 6.45) is 0.505. The first-order valence-electron chi connectivity index (χ1n) is 7.66. The van der Waals surface area contributed by atoms with E-state index in [2.05, 4.69) is 5.32 Å². The minimum absolute atomic E-state index is 0.0606. The highest BCUT2D eigenvalue weighted by atomic mass is 32.1. The quantitative estimate of drug-likeness (QED) is 0.711. The normalized spacial score (nSPS) is 25.7. The molecule has 2 heterocycles. The number of carbonyl (C=O) groups is 1. The van der Waals surface area contributed by atoms with Gasteiger partial charge in [-0.1, -0.05) is 0 Å². The van der Waals surface area contributed by atoms with Crippen molar-refractivity contribution < 1.29 is 14.6 Å². The van der Waals surface area contributed by atoms with Crippen molar-refractivity contribution in [3.63, 3.8) is 0 Å². The Morgan fingerprint density at radius 1 is 1.52 bits per heavy atom. The van der Waals surface area contributed by atoms with E-state index < -0.39 is 17.7 Å². The second-order valence-electron chi connectivity index (χ2n) is 6.53. The molecule has 2 aliphatic heterocycles. The summed E-state index contributed by atoms with van der Waals surface area (Å²) in [5.41, 5.74) is 6.23. The van der Waals surface area contributed by atoms with E-state index in [1.165, 1.54) is 0 Å². The smallest absolute Gasteiger partial charge is 0.223 e. The van der Waals surface area contributed by atoms with E-state index >= 15 is 0 Å². The molecule has 1 saturated heterocycles. The summed E-state index contributed by atoms with van der Waals surface area (Å²) >= 11 is 4.87. The SMILES string of the molecule is CC1(C)Oc2ccc(NC(N)=S)cc2C(N2CCCC2=O)[C@@H]1O. The molecule has 1 aromatic rings. The van der Waals surface area contributed by atoms with Crippen LogP contribution in [0.1, 0.15) is 38.3 Å². The summed E-state index contributed by atoms with van der Waals surface area (Å²) in [5.74, 6) is 0.726. The highest BCUT2D eigenvalue weighted by molar-refractivity contribution is 7.80. The van der Waals surface area contributed by atoms with E-state index in [9.17, 15) is 9.90 Å². The number of fused-ring (bicyclic) bond motifs is 1. The Morgan fingerprint density at radius 3 is 2.87 bits per heavy atom. The average Bonchev–Trinajstić information content (AvgIpc) is 2.86. The number of hydrogen-bond acceptors (Lipinski definition) is 4. The molecule has 124 valence electrons. The Bertz CT molecular complexity index is 662. The van der Waals surface area contributed by atoms with Crippen LogP contribution in [0.15, 0.2) is 18.2 Å². The van der Waals surface area contributed by atoms with Crippen LogP contribution in [0.4, 0.5) is 5.69 Å². The number of nitrogens with one attached hydrogen (secondary N) is 1. The molecule has 1 unspecified atom stereocenters. The summed E-state index contributed by atoms with van der Waals surface area (Å²) in [4.78, 5) is 14.0. The number of benzene rings is 1. The molecule has 0 spiro atoms. The third-order valence-corrected chi connectivity index (χ3v) is 4.53. The van der Waals surface area contributed by atoms with Crippen molar-refractivity contribution in [1.29, 1.82) is 0 Å². The van der Waals surface area contributed by atoms with E-state index in [1.54, 1.807) is 4.90 Å². The van der Waals surface area contributed by atoms with Gasteiger partial charge in [-0.15, -0.1) is 0 Å². The van der Waals surface area contributed by atoms with Crippen LogP contribution in [0.25, 0.3) is 0 Å². The molecule has 6 nitrogen and oxygen atoms in total. The largest absolute Gasteiger partial charge is 0.485 e. The molecule has 1 fully saturated rings. The van der Waals surface area contributed by atoms with Crippen molar-refractivity contribution in [1.82, 2.24) is 4.90 Å². The van der Waals surface area contributed by atoms with Gasteiger partial charge in [0.2, 0.25) is 5.91 Å². The van der Waals surface area contributed by atoms with E-state index in [1.807, 2.05) is 32.0 Å². The van der Waals surface area contributed by atoms with Crippen LogP contribution in [-0.2, 0) is 4.79 Å². The molecular weight excluding hydrogens is 314 g/mol. The first-order valence-corrected chi connectivity index (χ1v) is 8.07. The number of amides is 1. The number of likely N-dealkylation sites (tertiary alicyclic amines) is 1. The molecule has 1 aromatic carbocycles. The first-order chi connectivity index (χ1) is 10.8. The lowest BCUT2D eigenvalue weighted by atomic mass is 9.85. The predicted octanol–water partition coefficient (Wildman–Crippen LogP) is 1.54. The van der Waals surface area contributed by atoms with Gasteiger partial charge in [0, 0.05) is 24.2 Å². The molecule has 4 N–H and O–H groups in total. The molecule has 3 rings (SSSR count). The minimum Gasteiger partial charge on any atom is -0.485 e. The van der Waals surface area contributed by atoms with Crippen LogP contribution < -0.4 is 15.8 Å². The highest BCUT2D eigenvalue weighted by Crippen LogP contribution is 2.45. The second kappa shape index (κ2) is 5.65. The van der Waals surface area contributed by atoms with Crippen LogP contribution in [0.5, 0.6) is 5.75 Å². The molecule has 0 saturated carbocycles. The number of ether oxygens (including phenoxy) is 1. The molecule has 7 heteroatoms. The zero-order valence-corrected chi connectivity index (χ0v) is 14.0. The third kappa shape index (κ3) is 2.86. The molecule has 2 aliphatic rings. The van der Waals surface area contributed by atoms with Crippen molar-refractivity contribution >= 4 is 28.9 Å².